The molecule has 0 atom stereocenters. The largest absolute Gasteiger partial charge is 0.496 e. The maximum atomic E-state index is 5.43. The highest BCUT2D eigenvalue weighted by Crippen LogP contribution is 2.44. The van der Waals surface area contributed by atoms with Crippen LogP contribution in [0.15, 0.2) is 18.2 Å². The first-order valence-corrected chi connectivity index (χ1v) is 6.58. The first-order valence-electron chi connectivity index (χ1n) is 6.58. The molecule has 2 nitrogen and oxygen atoms in total. The van der Waals surface area contributed by atoms with Crippen molar-refractivity contribution >= 4 is 0 Å². The van der Waals surface area contributed by atoms with E-state index in [9.17, 15) is 0 Å². The molecule has 0 unspecified atom stereocenters. The van der Waals surface area contributed by atoms with Crippen LogP contribution in [0.4, 0.5) is 0 Å². The predicted octanol–water partition coefficient (Wildman–Crippen LogP) is 3.03. The van der Waals surface area contributed by atoms with Crippen molar-refractivity contribution in [3.8, 4) is 5.75 Å². The van der Waals surface area contributed by atoms with Crippen LogP contribution in [0.2, 0.25) is 0 Å². The lowest BCUT2D eigenvalue weighted by molar-refractivity contribution is 0.234. The van der Waals surface area contributed by atoms with Gasteiger partial charge in [0.1, 0.15) is 5.75 Å². The van der Waals surface area contributed by atoms with Crippen LogP contribution >= 0.6 is 0 Å². The number of nitrogens with one attached hydrogen (secondary N) is 1. The molecule has 1 N–H and O–H groups in total. The Labute approximate surface area is 104 Å². The SMILES string of the molecule is CCNCC1(c2ccc(C)c(OC)c2)CCC1. The molecule has 94 valence electrons. The van der Waals surface area contributed by atoms with E-state index in [-0.39, 0.29) is 0 Å². The molecule has 0 radical (unpaired) electrons. The summed E-state index contributed by atoms with van der Waals surface area (Å²) in [6.07, 6.45) is 3.94. The van der Waals surface area contributed by atoms with Crippen molar-refractivity contribution in [2.45, 2.75) is 38.5 Å². The third-order valence-electron chi connectivity index (χ3n) is 4.04. The number of benzene rings is 1. The maximum absolute atomic E-state index is 5.43. The molecule has 1 fully saturated rings. The van der Waals surface area contributed by atoms with Gasteiger partial charge in [0.2, 0.25) is 0 Å². The number of likely N-dealkylation sites (N-methyl/N-ethyl adjacent to an activating group) is 1. The molecule has 1 aromatic carbocycles. The van der Waals surface area contributed by atoms with Crippen molar-refractivity contribution in [3.05, 3.63) is 29.3 Å². The average Bonchev–Trinajstić information content (AvgIpc) is 2.29. The van der Waals surface area contributed by atoms with Crippen LogP contribution < -0.4 is 10.1 Å². The van der Waals surface area contributed by atoms with Crippen LogP contribution in [0, 0.1) is 6.92 Å². The molecule has 0 saturated heterocycles. The Morgan fingerprint density at radius 2 is 2.12 bits per heavy atom. The Balaban J connectivity index is 2.24. The number of hydrogen-bond donors (Lipinski definition) is 1. The fraction of sp³-hybridized carbons (Fsp3) is 0.600. The van der Waals surface area contributed by atoms with Crippen LogP contribution in [0.5, 0.6) is 5.75 Å². The first kappa shape index (κ1) is 12.4. The zero-order valence-corrected chi connectivity index (χ0v) is 11.2. The molecule has 0 amide bonds. The van der Waals surface area contributed by atoms with Crippen molar-refractivity contribution in [2.75, 3.05) is 20.2 Å². The van der Waals surface area contributed by atoms with E-state index in [1.54, 1.807) is 7.11 Å². The van der Waals surface area contributed by atoms with E-state index in [2.05, 4.69) is 37.4 Å². The summed E-state index contributed by atoms with van der Waals surface area (Å²) in [6, 6.07) is 6.68. The summed E-state index contributed by atoms with van der Waals surface area (Å²) < 4.78 is 5.43. The van der Waals surface area contributed by atoms with Gasteiger partial charge in [-0.3, -0.25) is 0 Å². The average molecular weight is 233 g/mol. The van der Waals surface area contributed by atoms with E-state index >= 15 is 0 Å². The molecule has 0 heterocycles. The molecule has 17 heavy (non-hydrogen) atoms. The van der Waals surface area contributed by atoms with Crippen LogP contribution in [-0.4, -0.2) is 20.2 Å². The predicted molar refractivity (Wildman–Crippen MR) is 71.8 cm³/mol. The summed E-state index contributed by atoms with van der Waals surface area (Å²) >= 11 is 0. The van der Waals surface area contributed by atoms with Gasteiger partial charge in [0.15, 0.2) is 0 Å². The minimum atomic E-state index is 0.358. The highest BCUT2D eigenvalue weighted by atomic mass is 16.5. The zero-order chi connectivity index (χ0) is 12.3. The van der Waals surface area contributed by atoms with E-state index < -0.39 is 0 Å². The van der Waals surface area contributed by atoms with Crippen LogP contribution in [0.1, 0.15) is 37.3 Å². The highest BCUT2D eigenvalue weighted by Gasteiger charge is 2.38. The van der Waals surface area contributed by atoms with Crippen LogP contribution in [0.3, 0.4) is 0 Å². The fourth-order valence-corrected chi connectivity index (χ4v) is 2.69. The summed E-state index contributed by atoms with van der Waals surface area (Å²) in [5.74, 6) is 1.02. The molecule has 0 aliphatic heterocycles. The molecular weight excluding hydrogens is 210 g/mol. The molecule has 2 heteroatoms. The molecule has 0 spiro atoms. The van der Waals surface area contributed by atoms with Gasteiger partial charge in [-0.15, -0.1) is 0 Å². The standard InChI is InChI=1S/C15H23NO/c1-4-16-11-15(8-5-9-15)13-7-6-12(2)14(10-13)17-3/h6-7,10,16H,4-5,8-9,11H2,1-3H3. The fourth-order valence-electron chi connectivity index (χ4n) is 2.69. The summed E-state index contributed by atoms with van der Waals surface area (Å²) in [7, 11) is 1.75. The second kappa shape index (κ2) is 5.09. The van der Waals surface area contributed by atoms with E-state index in [0.29, 0.717) is 5.41 Å². The van der Waals surface area contributed by atoms with Crippen molar-refractivity contribution in [3.63, 3.8) is 0 Å². The van der Waals surface area contributed by atoms with Gasteiger partial charge in [0.25, 0.3) is 0 Å². The Bertz CT molecular complexity index is 383. The second-order valence-electron chi connectivity index (χ2n) is 5.10. The van der Waals surface area contributed by atoms with Gasteiger partial charge in [0.05, 0.1) is 7.11 Å². The molecule has 1 aliphatic carbocycles. The zero-order valence-electron chi connectivity index (χ0n) is 11.2. The number of rotatable bonds is 5. The Kier molecular flexibility index (Phi) is 3.72. The van der Waals surface area contributed by atoms with Crippen LogP contribution in [-0.2, 0) is 5.41 Å². The molecule has 1 aromatic rings. The Morgan fingerprint density at radius 1 is 1.35 bits per heavy atom. The maximum Gasteiger partial charge on any atom is 0.122 e. The van der Waals surface area contributed by atoms with Gasteiger partial charge in [-0.1, -0.05) is 25.5 Å². The van der Waals surface area contributed by atoms with Crippen LogP contribution in [0.25, 0.3) is 0 Å². The number of methoxy groups -OCH3 is 1. The monoisotopic (exact) mass is 233 g/mol. The van der Waals surface area contributed by atoms with Gasteiger partial charge in [-0.05, 0) is 43.5 Å². The third kappa shape index (κ3) is 2.32. The number of ether oxygens (including phenoxy) is 1. The molecular formula is C15H23NO. The van der Waals surface area contributed by atoms with Gasteiger partial charge in [0, 0.05) is 12.0 Å². The topological polar surface area (TPSA) is 21.3 Å². The van der Waals surface area contributed by atoms with Gasteiger partial charge in [-0.25, -0.2) is 0 Å². The number of aryl methyl sites for hydroxylation is 1. The summed E-state index contributed by atoms with van der Waals surface area (Å²) in [5, 5.41) is 3.50. The smallest absolute Gasteiger partial charge is 0.122 e. The lowest BCUT2D eigenvalue weighted by Crippen LogP contribution is -2.43. The van der Waals surface area contributed by atoms with E-state index in [1.165, 1.54) is 30.4 Å². The summed E-state index contributed by atoms with van der Waals surface area (Å²) in [5.41, 5.74) is 3.01. The Hall–Kier alpha value is -1.02. The molecule has 1 saturated carbocycles. The third-order valence-corrected chi connectivity index (χ3v) is 4.04. The lowest BCUT2D eigenvalue weighted by Gasteiger charge is -2.43. The van der Waals surface area contributed by atoms with E-state index in [0.717, 1.165) is 18.8 Å². The van der Waals surface area contributed by atoms with Crippen molar-refractivity contribution in [2.24, 2.45) is 0 Å². The summed E-state index contributed by atoms with van der Waals surface area (Å²) in [6.45, 7) is 6.41. The van der Waals surface area contributed by atoms with E-state index in [4.69, 9.17) is 4.74 Å². The first-order chi connectivity index (χ1) is 8.22. The highest BCUT2D eigenvalue weighted by molar-refractivity contribution is 5.41. The van der Waals surface area contributed by atoms with Crippen molar-refractivity contribution in [1.82, 2.24) is 5.32 Å². The van der Waals surface area contributed by atoms with Gasteiger partial charge in [-0.2, -0.15) is 0 Å². The number of hydrogen-bond acceptors (Lipinski definition) is 2. The minimum Gasteiger partial charge on any atom is -0.496 e. The lowest BCUT2D eigenvalue weighted by atomic mass is 9.64. The summed E-state index contributed by atoms with van der Waals surface area (Å²) in [4.78, 5) is 0. The van der Waals surface area contributed by atoms with E-state index in [1.807, 2.05) is 0 Å². The molecule has 0 bridgehead atoms. The second-order valence-corrected chi connectivity index (χ2v) is 5.10. The normalized spacial score (nSPS) is 17.6. The van der Waals surface area contributed by atoms with Crippen molar-refractivity contribution in [1.29, 1.82) is 0 Å². The minimum absolute atomic E-state index is 0.358. The molecule has 2 rings (SSSR count). The Morgan fingerprint density at radius 3 is 2.65 bits per heavy atom. The van der Waals surface area contributed by atoms with Gasteiger partial charge < -0.3 is 10.1 Å². The van der Waals surface area contributed by atoms with Gasteiger partial charge >= 0.3 is 0 Å². The van der Waals surface area contributed by atoms with Crippen molar-refractivity contribution < 1.29 is 4.74 Å². The molecule has 0 aromatic heterocycles. The molecule has 1 aliphatic rings. The quantitative estimate of drug-likeness (QED) is 0.844.